The van der Waals surface area contributed by atoms with Gasteiger partial charge in [0.15, 0.2) is 5.75 Å². The number of aromatic hydroxyl groups is 1. The van der Waals surface area contributed by atoms with E-state index in [-0.39, 0.29) is 17.1 Å². The van der Waals surface area contributed by atoms with Crippen molar-refractivity contribution in [2.75, 3.05) is 0 Å². The molecule has 1 heterocycles. The van der Waals surface area contributed by atoms with Crippen molar-refractivity contribution in [3.63, 3.8) is 0 Å². The summed E-state index contributed by atoms with van der Waals surface area (Å²) >= 11 is 0. The van der Waals surface area contributed by atoms with Crippen LogP contribution in [0.4, 0.5) is 0 Å². The predicted octanol–water partition coefficient (Wildman–Crippen LogP) is 3.43. The van der Waals surface area contributed by atoms with E-state index >= 15 is 0 Å². The maximum absolute atomic E-state index is 12.3. The standard InChI is InChI=1S/C17H13O6P/c1-10-12-8-14(18)16(23-24(20)21)9-15(12)22-17(19)13(10)7-11-5-3-2-4-6-11/h2-6,8-9H,7H2,1H3,(H-,18,20,21)/p+1. The average Bonchev–Trinajstić information content (AvgIpc) is 2.54. The van der Waals surface area contributed by atoms with Gasteiger partial charge in [-0.25, -0.2) is 9.32 Å². The molecule has 0 radical (unpaired) electrons. The number of fused-ring (bicyclic) bond motifs is 1. The second kappa shape index (κ2) is 6.43. The molecular formula is C17H14O6P+. The lowest BCUT2D eigenvalue weighted by Gasteiger charge is -2.09. The maximum Gasteiger partial charge on any atom is 0.747 e. The second-order valence-corrected chi connectivity index (χ2v) is 5.96. The summed E-state index contributed by atoms with van der Waals surface area (Å²) in [5, 5.41) is 10.5. The molecule has 3 rings (SSSR count). The zero-order valence-electron chi connectivity index (χ0n) is 12.7. The molecule has 2 N–H and O–H groups in total. The fraction of sp³-hybridized carbons (Fsp3) is 0.118. The third-order valence-corrected chi connectivity index (χ3v) is 4.12. The molecule has 2 aromatic carbocycles. The Balaban J connectivity index is 2.13. The zero-order chi connectivity index (χ0) is 17.3. The molecule has 122 valence electrons. The molecule has 0 bridgehead atoms. The van der Waals surface area contributed by atoms with Crippen molar-refractivity contribution in [2.24, 2.45) is 0 Å². The van der Waals surface area contributed by atoms with Crippen LogP contribution in [-0.4, -0.2) is 10.00 Å². The lowest BCUT2D eigenvalue weighted by Crippen LogP contribution is -2.10. The van der Waals surface area contributed by atoms with Crippen molar-refractivity contribution in [3.05, 3.63) is 69.6 Å². The molecule has 0 saturated carbocycles. The lowest BCUT2D eigenvalue weighted by molar-refractivity contribution is 0.389. The van der Waals surface area contributed by atoms with E-state index in [1.807, 2.05) is 30.3 Å². The minimum absolute atomic E-state index is 0.180. The average molecular weight is 345 g/mol. The van der Waals surface area contributed by atoms with E-state index in [1.165, 1.54) is 12.1 Å². The zero-order valence-corrected chi connectivity index (χ0v) is 13.6. The Labute approximate surface area is 137 Å². The molecule has 0 aliphatic carbocycles. The number of aryl methyl sites for hydroxylation is 1. The molecule has 0 spiro atoms. The first-order valence-electron chi connectivity index (χ1n) is 7.13. The van der Waals surface area contributed by atoms with Crippen molar-refractivity contribution in [1.29, 1.82) is 0 Å². The van der Waals surface area contributed by atoms with Gasteiger partial charge < -0.3 is 9.52 Å². The number of hydrogen-bond acceptors (Lipinski definition) is 5. The summed E-state index contributed by atoms with van der Waals surface area (Å²) in [6, 6.07) is 12.1. The molecule has 1 aromatic heterocycles. The van der Waals surface area contributed by atoms with E-state index in [1.54, 1.807) is 6.92 Å². The molecule has 3 aromatic rings. The highest BCUT2D eigenvalue weighted by molar-refractivity contribution is 7.32. The molecule has 0 saturated heterocycles. The molecule has 6 nitrogen and oxygen atoms in total. The topological polar surface area (TPSA) is 97.0 Å². The molecule has 1 atom stereocenters. The normalized spacial score (nSPS) is 11.5. The highest BCUT2D eigenvalue weighted by atomic mass is 31.1. The van der Waals surface area contributed by atoms with Crippen LogP contribution in [0.15, 0.2) is 51.7 Å². The van der Waals surface area contributed by atoms with Crippen LogP contribution >= 0.6 is 8.25 Å². The van der Waals surface area contributed by atoms with Gasteiger partial charge in [0.25, 0.3) is 0 Å². The van der Waals surface area contributed by atoms with Gasteiger partial charge in [0, 0.05) is 28.0 Å². The second-order valence-electron chi connectivity index (χ2n) is 5.30. The minimum Gasteiger partial charge on any atom is -0.504 e. The van der Waals surface area contributed by atoms with Crippen molar-refractivity contribution >= 4 is 19.2 Å². The van der Waals surface area contributed by atoms with Gasteiger partial charge in [0.05, 0.1) is 0 Å². The van der Waals surface area contributed by atoms with Crippen LogP contribution in [0.5, 0.6) is 11.5 Å². The Morgan fingerprint density at radius 3 is 2.58 bits per heavy atom. The third kappa shape index (κ3) is 3.15. The van der Waals surface area contributed by atoms with Crippen LogP contribution in [-0.2, 0) is 11.0 Å². The van der Waals surface area contributed by atoms with E-state index < -0.39 is 13.9 Å². The Morgan fingerprint density at radius 1 is 1.21 bits per heavy atom. The summed E-state index contributed by atoms with van der Waals surface area (Å²) in [6.45, 7) is 1.77. The summed E-state index contributed by atoms with van der Waals surface area (Å²) in [5.74, 6) is -0.521. The molecule has 7 heteroatoms. The van der Waals surface area contributed by atoms with Gasteiger partial charge in [-0.3, -0.25) is 0 Å². The highest BCUT2D eigenvalue weighted by Crippen LogP contribution is 2.36. The van der Waals surface area contributed by atoms with E-state index in [0.717, 1.165) is 5.56 Å². The summed E-state index contributed by atoms with van der Waals surface area (Å²) < 4.78 is 20.7. The number of phenolic OH excluding ortho intramolecular Hbond substituents is 1. The number of hydrogen-bond donors (Lipinski definition) is 2. The van der Waals surface area contributed by atoms with Crippen molar-refractivity contribution in [1.82, 2.24) is 0 Å². The Hall–Kier alpha value is -2.69. The summed E-state index contributed by atoms with van der Waals surface area (Å²) in [5.41, 5.74) is 1.83. The Bertz CT molecular complexity index is 978. The van der Waals surface area contributed by atoms with Gasteiger partial charge in [0.1, 0.15) is 5.58 Å². The van der Waals surface area contributed by atoms with E-state index in [4.69, 9.17) is 9.31 Å². The Morgan fingerprint density at radius 2 is 1.92 bits per heavy atom. The Kier molecular flexibility index (Phi) is 4.34. The van der Waals surface area contributed by atoms with Crippen molar-refractivity contribution in [2.45, 2.75) is 13.3 Å². The van der Waals surface area contributed by atoms with Crippen LogP contribution in [0.25, 0.3) is 11.0 Å². The lowest BCUT2D eigenvalue weighted by atomic mass is 9.99. The molecule has 0 aliphatic heterocycles. The van der Waals surface area contributed by atoms with Gasteiger partial charge >= 0.3 is 13.9 Å². The summed E-state index contributed by atoms with van der Waals surface area (Å²) in [6.07, 6.45) is 0.409. The van der Waals surface area contributed by atoms with Crippen LogP contribution in [0.3, 0.4) is 0 Å². The molecule has 0 fully saturated rings. The fourth-order valence-corrected chi connectivity index (χ4v) is 2.88. The van der Waals surface area contributed by atoms with Crippen LogP contribution in [0, 0.1) is 6.92 Å². The first kappa shape index (κ1) is 16.2. The molecule has 0 aliphatic rings. The van der Waals surface area contributed by atoms with E-state index in [9.17, 15) is 14.5 Å². The van der Waals surface area contributed by atoms with Gasteiger partial charge in [-0.05, 0) is 24.1 Å². The van der Waals surface area contributed by atoms with Crippen molar-refractivity contribution in [3.8, 4) is 11.5 Å². The largest absolute Gasteiger partial charge is 0.747 e. The number of benzene rings is 2. The molecule has 1 unspecified atom stereocenters. The maximum atomic E-state index is 12.3. The first-order chi connectivity index (χ1) is 11.5. The predicted molar refractivity (Wildman–Crippen MR) is 88.6 cm³/mol. The first-order valence-corrected chi connectivity index (χ1v) is 8.26. The van der Waals surface area contributed by atoms with Crippen LogP contribution < -0.4 is 10.1 Å². The monoisotopic (exact) mass is 345 g/mol. The van der Waals surface area contributed by atoms with Crippen molar-refractivity contribution < 1.29 is 23.5 Å². The molecule has 24 heavy (non-hydrogen) atoms. The highest BCUT2D eigenvalue weighted by Gasteiger charge is 2.21. The van der Waals surface area contributed by atoms with Gasteiger partial charge in [-0.2, -0.15) is 0 Å². The smallest absolute Gasteiger partial charge is 0.504 e. The summed E-state index contributed by atoms with van der Waals surface area (Å²) in [7, 11) is -2.93. The summed E-state index contributed by atoms with van der Waals surface area (Å²) in [4.78, 5) is 21.1. The van der Waals surface area contributed by atoms with Gasteiger partial charge in [0.2, 0.25) is 5.75 Å². The third-order valence-electron chi connectivity index (χ3n) is 3.77. The van der Waals surface area contributed by atoms with Crippen LogP contribution in [0.2, 0.25) is 0 Å². The fourth-order valence-electron chi connectivity index (χ4n) is 2.57. The minimum atomic E-state index is -2.93. The van der Waals surface area contributed by atoms with Gasteiger partial charge in [-0.1, -0.05) is 30.3 Å². The molecular weight excluding hydrogens is 331 g/mol. The molecule has 0 amide bonds. The van der Waals surface area contributed by atoms with E-state index in [2.05, 4.69) is 4.52 Å². The van der Waals surface area contributed by atoms with Crippen LogP contribution in [0.1, 0.15) is 16.7 Å². The quantitative estimate of drug-likeness (QED) is 0.555. The van der Waals surface area contributed by atoms with Gasteiger partial charge in [-0.15, -0.1) is 4.89 Å². The SMILES string of the molecule is Cc1c(Cc2ccccc2)c(=O)oc2cc(O[P+](=O)O)c(O)cc12. The number of phenols is 1. The van der Waals surface area contributed by atoms with E-state index in [0.29, 0.717) is 22.9 Å². The number of rotatable bonds is 4.